The van der Waals surface area contributed by atoms with Crippen LogP contribution in [0.5, 0.6) is 0 Å². The van der Waals surface area contributed by atoms with E-state index >= 15 is 0 Å². The number of nitrogens with two attached hydrogens (primary N) is 1. The Hall–Kier alpha value is -0.180. The molecule has 0 unspecified atom stereocenters. The lowest BCUT2D eigenvalue weighted by atomic mass is 9.81. The van der Waals surface area contributed by atoms with Crippen molar-refractivity contribution in [1.29, 1.82) is 0 Å². The molecule has 0 heterocycles. The largest absolute Gasteiger partial charge is 0.328 e. The molecule has 0 saturated heterocycles. The molecule has 0 bridgehead atoms. The molecule has 0 aromatic heterocycles. The van der Waals surface area contributed by atoms with Crippen LogP contribution < -0.4 is 5.73 Å². The minimum Gasteiger partial charge on any atom is -0.328 e. The number of hydrogen-bond donors (Lipinski definition) is 1. The molecule has 0 radical (unpaired) electrons. The average molecular weight is 121 g/mol. The number of halogens is 2. The second kappa shape index (κ2) is 1.97. The first-order valence-corrected chi connectivity index (χ1v) is 2.74. The van der Waals surface area contributed by atoms with E-state index in [1.165, 1.54) is 0 Å². The van der Waals surface area contributed by atoms with Crippen LogP contribution in [0.15, 0.2) is 0 Å². The maximum Gasteiger partial charge on any atom is 0.241 e. The minimum absolute atomic E-state index is 0.0500. The predicted molar refractivity (Wildman–Crippen MR) is 26.7 cm³/mol. The van der Waals surface area contributed by atoms with Gasteiger partial charge < -0.3 is 5.73 Å². The first-order chi connectivity index (χ1) is 3.70. The summed E-state index contributed by atoms with van der Waals surface area (Å²) in [6, 6.07) is 0.0500. The fourth-order valence-corrected chi connectivity index (χ4v) is 0.914. The van der Waals surface area contributed by atoms with Crippen molar-refractivity contribution in [3.8, 4) is 0 Å². The van der Waals surface area contributed by atoms with Gasteiger partial charge in [0, 0.05) is 12.0 Å². The first kappa shape index (κ1) is 5.95. The van der Waals surface area contributed by atoms with Crippen molar-refractivity contribution in [1.82, 2.24) is 0 Å². The van der Waals surface area contributed by atoms with Gasteiger partial charge in [0.1, 0.15) is 0 Å². The van der Waals surface area contributed by atoms with E-state index in [-0.39, 0.29) is 6.04 Å². The predicted octanol–water partition coefficient (Wildman–Crippen LogP) is 0.989. The van der Waals surface area contributed by atoms with Gasteiger partial charge in [-0.1, -0.05) is 0 Å². The highest BCUT2D eigenvalue weighted by Crippen LogP contribution is 2.30. The number of rotatable bonds is 1. The van der Waals surface area contributed by atoms with E-state index in [0.29, 0.717) is 12.8 Å². The topological polar surface area (TPSA) is 26.0 Å². The van der Waals surface area contributed by atoms with Crippen molar-refractivity contribution in [2.75, 3.05) is 0 Å². The molecule has 8 heavy (non-hydrogen) atoms. The SMILES string of the molecule is N[C@H]1C[C@@H](C(F)F)C1. The Morgan fingerprint density at radius 1 is 1.38 bits per heavy atom. The molecule has 0 atom stereocenters. The number of alkyl halides is 2. The molecule has 1 saturated carbocycles. The van der Waals surface area contributed by atoms with Crippen molar-refractivity contribution in [2.45, 2.75) is 25.3 Å². The second-order valence-corrected chi connectivity index (χ2v) is 2.33. The Morgan fingerprint density at radius 2 is 1.88 bits per heavy atom. The number of hydrogen-bond acceptors (Lipinski definition) is 1. The van der Waals surface area contributed by atoms with Crippen LogP contribution in [-0.2, 0) is 0 Å². The van der Waals surface area contributed by atoms with Crippen LogP contribution in [0.2, 0.25) is 0 Å². The Labute approximate surface area is 46.9 Å². The van der Waals surface area contributed by atoms with Crippen molar-refractivity contribution >= 4 is 0 Å². The molecule has 1 nitrogen and oxygen atoms in total. The van der Waals surface area contributed by atoms with E-state index in [1.807, 2.05) is 0 Å². The summed E-state index contributed by atoms with van der Waals surface area (Å²) < 4.78 is 23.2. The molecular weight excluding hydrogens is 112 g/mol. The Balaban J connectivity index is 2.15. The lowest BCUT2D eigenvalue weighted by molar-refractivity contribution is 0.0242. The van der Waals surface area contributed by atoms with E-state index < -0.39 is 12.3 Å². The summed E-state index contributed by atoms with van der Waals surface area (Å²) in [5.41, 5.74) is 5.27. The smallest absolute Gasteiger partial charge is 0.241 e. The molecule has 0 aliphatic heterocycles. The van der Waals surface area contributed by atoms with Crippen LogP contribution in [0.3, 0.4) is 0 Å². The monoisotopic (exact) mass is 121 g/mol. The maximum atomic E-state index is 11.6. The summed E-state index contributed by atoms with van der Waals surface area (Å²) in [6.07, 6.45) is -1.12. The summed E-state index contributed by atoms with van der Waals surface area (Å²) in [7, 11) is 0. The van der Waals surface area contributed by atoms with E-state index in [9.17, 15) is 8.78 Å². The van der Waals surface area contributed by atoms with Gasteiger partial charge in [0.15, 0.2) is 0 Å². The molecule has 0 amide bonds. The molecule has 1 aliphatic rings. The minimum atomic E-state index is -2.14. The van der Waals surface area contributed by atoms with Crippen LogP contribution in [-0.4, -0.2) is 12.5 Å². The summed E-state index contributed by atoms with van der Waals surface area (Å²) in [5, 5.41) is 0. The van der Waals surface area contributed by atoms with E-state index in [1.54, 1.807) is 0 Å². The van der Waals surface area contributed by atoms with Gasteiger partial charge in [-0.05, 0) is 12.8 Å². The molecule has 2 N–H and O–H groups in total. The van der Waals surface area contributed by atoms with Gasteiger partial charge >= 0.3 is 0 Å². The Bertz CT molecular complexity index is 78.5. The third kappa shape index (κ3) is 0.968. The average Bonchev–Trinajstić information content (AvgIpc) is 1.57. The van der Waals surface area contributed by atoms with E-state index in [0.717, 1.165) is 0 Å². The standard InChI is InChI=1S/C5H9F2N/c6-5(7)3-1-4(8)2-3/h3-5H,1-2,8H2/t3-,4+. The van der Waals surface area contributed by atoms with Crippen molar-refractivity contribution in [3.05, 3.63) is 0 Å². The molecule has 3 heteroatoms. The molecular formula is C5H9F2N. The first-order valence-electron chi connectivity index (χ1n) is 2.74. The Morgan fingerprint density at radius 3 is 2.00 bits per heavy atom. The third-order valence-corrected chi connectivity index (χ3v) is 1.57. The van der Waals surface area contributed by atoms with Crippen LogP contribution in [0.1, 0.15) is 12.8 Å². The highest BCUT2D eigenvalue weighted by atomic mass is 19.3. The Kier molecular flexibility index (Phi) is 1.47. The van der Waals surface area contributed by atoms with Crippen molar-refractivity contribution in [3.63, 3.8) is 0 Å². The van der Waals surface area contributed by atoms with E-state index in [2.05, 4.69) is 0 Å². The molecule has 0 aromatic carbocycles. The molecule has 0 spiro atoms. The lowest BCUT2D eigenvalue weighted by Crippen LogP contribution is -2.39. The van der Waals surface area contributed by atoms with E-state index in [4.69, 9.17) is 5.73 Å². The highest BCUT2D eigenvalue weighted by Gasteiger charge is 2.32. The second-order valence-electron chi connectivity index (χ2n) is 2.33. The molecule has 1 fully saturated rings. The molecule has 1 aliphatic carbocycles. The summed E-state index contributed by atoms with van der Waals surface area (Å²) >= 11 is 0. The van der Waals surface area contributed by atoms with Gasteiger partial charge in [0.2, 0.25) is 6.43 Å². The summed E-state index contributed by atoms with van der Waals surface area (Å²) in [6.45, 7) is 0. The summed E-state index contributed by atoms with van der Waals surface area (Å²) in [4.78, 5) is 0. The van der Waals surface area contributed by atoms with Crippen LogP contribution in [0.25, 0.3) is 0 Å². The van der Waals surface area contributed by atoms with Gasteiger partial charge in [-0.3, -0.25) is 0 Å². The summed E-state index contributed by atoms with van der Waals surface area (Å²) in [5.74, 6) is -0.398. The fraction of sp³-hybridized carbons (Fsp3) is 1.00. The van der Waals surface area contributed by atoms with Crippen molar-refractivity contribution < 1.29 is 8.78 Å². The van der Waals surface area contributed by atoms with Crippen LogP contribution in [0.4, 0.5) is 8.78 Å². The van der Waals surface area contributed by atoms with Crippen molar-refractivity contribution in [2.24, 2.45) is 11.7 Å². The molecule has 0 aromatic rings. The van der Waals surface area contributed by atoms with Gasteiger partial charge in [0.05, 0.1) is 0 Å². The fourth-order valence-electron chi connectivity index (χ4n) is 0.914. The molecule has 1 rings (SSSR count). The third-order valence-electron chi connectivity index (χ3n) is 1.57. The normalized spacial score (nSPS) is 37.5. The van der Waals surface area contributed by atoms with Crippen LogP contribution >= 0.6 is 0 Å². The van der Waals surface area contributed by atoms with Gasteiger partial charge in [-0.2, -0.15) is 0 Å². The highest BCUT2D eigenvalue weighted by molar-refractivity contribution is 4.83. The molecule has 48 valence electrons. The van der Waals surface area contributed by atoms with Crippen LogP contribution in [0, 0.1) is 5.92 Å². The van der Waals surface area contributed by atoms with Gasteiger partial charge in [-0.15, -0.1) is 0 Å². The lowest BCUT2D eigenvalue weighted by Gasteiger charge is -2.31. The quantitative estimate of drug-likeness (QED) is 0.550. The zero-order valence-electron chi connectivity index (χ0n) is 4.48. The zero-order valence-corrected chi connectivity index (χ0v) is 4.48. The van der Waals surface area contributed by atoms with Gasteiger partial charge in [-0.25, -0.2) is 8.78 Å². The zero-order chi connectivity index (χ0) is 6.15. The van der Waals surface area contributed by atoms with Gasteiger partial charge in [0.25, 0.3) is 0 Å². The maximum absolute atomic E-state index is 11.6.